The van der Waals surface area contributed by atoms with Crippen molar-refractivity contribution in [3.63, 3.8) is 0 Å². The third-order valence-corrected chi connectivity index (χ3v) is 2.47. The molecule has 0 unspecified atom stereocenters. The number of benzene rings is 1. The van der Waals surface area contributed by atoms with Gasteiger partial charge in [-0.1, -0.05) is 12.1 Å². The molecule has 2 fully saturated rings. The molecule has 4 heteroatoms. The summed E-state index contributed by atoms with van der Waals surface area (Å²) in [6.45, 7) is 2.39. The molecule has 1 aromatic carbocycles. The highest BCUT2D eigenvalue weighted by atomic mass is 16.7. The molecule has 0 saturated carbocycles. The molecule has 4 nitrogen and oxygen atoms in total. The van der Waals surface area contributed by atoms with Crippen LogP contribution in [0.25, 0.3) is 11.9 Å². The molecule has 16 heavy (non-hydrogen) atoms. The van der Waals surface area contributed by atoms with E-state index in [1.165, 1.54) is 0 Å². The van der Waals surface area contributed by atoms with Crippen LogP contribution in [0.2, 0.25) is 0 Å². The molecule has 84 valence electrons. The molecular formula is C12H12O4. The topological polar surface area (TPSA) is 36.9 Å². The maximum atomic E-state index is 5.41. The second-order valence-electron chi connectivity index (χ2n) is 3.51. The van der Waals surface area contributed by atoms with E-state index in [1.807, 2.05) is 24.3 Å². The van der Waals surface area contributed by atoms with Gasteiger partial charge in [0.25, 0.3) is 11.9 Å². The molecule has 2 aliphatic heterocycles. The Kier molecular flexibility index (Phi) is 2.33. The van der Waals surface area contributed by atoms with Crippen molar-refractivity contribution in [2.24, 2.45) is 0 Å². The minimum Gasteiger partial charge on any atom is -0.461 e. The van der Waals surface area contributed by atoms with Crippen molar-refractivity contribution >= 4 is 11.9 Å². The molecular weight excluding hydrogens is 208 g/mol. The zero-order valence-corrected chi connectivity index (χ0v) is 8.77. The first kappa shape index (κ1) is 9.39. The van der Waals surface area contributed by atoms with E-state index in [2.05, 4.69) is 0 Å². The van der Waals surface area contributed by atoms with Crippen LogP contribution >= 0.6 is 0 Å². The largest absolute Gasteiger partial charge is 0.461 e. The van der Waals surface area contributed by atoms with Crippen molar-refractivity contribution in [1.82, 2.24) is 0 Å². The van der Waals surface area contributed by atoms with Crippen molar-refractivity contribution in [3.8, 4) is 0 Å². The highest BCUT2D eigenvalue weighted by Crippen LogP contribution is 2.08. The van der Waals surface area contributed by atoms with Gasteiger partial charge in [-0.15, -0.1) is 0 Å². The lowest BCUT2D eigenvalue weighted by Crippen LogP contribution is -2.29. The summed E-state index contributed by atoms with van der Waals surface area (Å²) in [4.78, 5) is 0. The van der Waals surface area contributed by atoms with Crippen LogP contribution in [0.1, 0.15) is 0 Å². The molecule has 0 aromatic heterocycles. The Labute approximate surface area is 92.7 Å². The second kappa shape index (κ2) is 3.96. The minimum atomic E-state index is 0.558. The van der Waals surface area contributed by atoms with Crippen molar-refractivity contribution in [1.29, 1.82) is 0 Å². The van der Waals surface area contributed by atoms with Gasteiger partial charge in [0.05, 0.1) is 10.4 Å². The molecule has 1 aromatic rings. The number of rotatable bonds is 0. The Hall–Kier alpha value is -1.84. The third-order valence-electron chi connectivity index (χ3n) is 2.47. The van der Waals surface area contributed by atoms with Gasteiger partial charge in [0.2, 0.25) is 0 Å². The van der Waals surface area contributed by atoms with Gasteiger partial charge < -0.3 is 18.9 Å². The van der Waals surface area contributed by atoms with Gasteiger partial charge in [-0.05, 0) is 12.1 Å². The maximum Gasteiger partial charge on any atom is 0.287 e. The molecule has 0 spiro atoms. The molecule has 0 N–H and O–H groups in total. The number of hydrogen-bond acceptors (Lipinski definition) is 4. The molecule has 2 saturated heterocycles. The number of ether oxygens (including phenoxy) is 4. The molecule has 0 amide bonds. The van der Waals surface area contributed by atoms with Crippen LogP contribution in [-0.4, -0.2) is 26.4 Å². The van der Waals surface area contributed by atoms with Crippen LogP contribution in [0.15, 0.2) is 24.3 Å². The van der Waals surface area contributed by atoms with Gasteiger partial charge in [0.1, 0.15) is 26.4 Å². The Bertz CT molecular complexity index is 443. The van der Waals surface area contributed by atoms with Gasteiger partial charge in [-0.25, -0.2) is 0 Å². The standard InChI is InChI=1S/C12H12O4/c1-2-4-10(12-15-7-8-16-12)9(3-1)11-13-5-6-14-11/h1-4H,5-8H2. The Morgan fingerprint density at radius 3 is 1.38 bits per heavy atom. The molecule has 3 rings (SSSR count). The highest BCUT2D eigenvalue weighted by molar-refractivity contribution is 5.38. The molecule has 0 radical (unpaired) electrons. The summed E-state index contributed by atoms with van der Waals surface area (Å²) in [5, 5.41) is 1.77. The predicted molar refractivity (Wildman–Crippen MR) is 56.3 cm³/mol. The lowest BCUT2D eigenvalue weighted by atomic mass is 10.2. The second-order valence-corrected chi connectivity index (χ2v) is 3.51. The van der Waals surface area contributed by atoms with Gasteiger partial charge in [-0.3, -0.25) is 0 Å². The van der Waals surface area contributed by atoms with Crippen molar-refractivity contribution in [3.05, 3.63) is 34.7 Å². The molecule has 0 aliphatic carbocycles. The van der Waals surface area contributed by atoms with E-state index in [0.717, 1.165) is 10.4 Å². The zero-order chi connectivity index (χ0) is 10.8. The molecule has 0 bridgehead atoms. The quantitative estimate of drug-likeness (QED) is 0.612. The summed E-state index contributed by atoms with van der Waals surface area (Å²) in [7, 11) is 0. The summed E-state index contributed by atoms with van der Waals surface area (Å²) in [6, 6.07) is 7.75. The van der Waals surface area contributed by atoms with Gasteiger partial charge in [-0.2, -0.15) is 0 Å². The first-order chi connectivity index (χ1) is 7.95. The highest BCUT2D eigenvalue weighted by Gasteiger charge is 2.14. The van der Waals surface area contributed by atoms with E-state index in [0.29, 0.717) is 38.3 Å². The normalized spacial score (nSPS) is 18.8. The fourth-order valence-electron chi connectivity index (χ4n) is 1.77. The SMILES string of the molecule is c1ccc(=C2OCCO2)c(=C2OCCO2)c1. The summed E-state index contributed by atoms with van der Waals surface area (Å²) in [6.07, 6.45) is 0. The van der Waals surface area contributed by atoms with Crippen molar-refractivity contribution in [2.75, 3.05) is 26.4 Å². The Balaban J connectivity index is 2.26. The molecule has 0 atom stereocenters. The average Bonchev–Trinajstić information content (AvgIpc) is 3.03. The van der Waals surface area contributed by atoms with Crippen LogP contribution in [0, 0.1) is 0 Å². The Morgan fingerprint density at radius 1 is 0.625 bits per heavy atom. The van der Waals surface area contributed by atoms with Crippen LogP contribution in [0.3, 0.4) is 0 Å². The average molecular weight is 220 g/mol. The first-order valence-electron chi connectivity index (χ1n) is 5.30. The zero-order valence-electron chi connectivity index (χ0n) is 8.77. The van der Waals surface area contributed by atoms with E-state index in [1.54, 1.807) is 0 Å². The van der Waals surface area contributed by atoms with E-state index >= 15 is 0 Å². The Morgan fingerprint density at radius 2 is 1.00 bits per heavy atom. The molecule has 2 aliphatic rings. The number of hydrogen-bond donors (Lipinski definition) is 0. The molecule has 2 heterocycles. The van der Waals surface area contributed by atoms with Crippen molar-refractivity contribution < 1.29 is 18.9 Å². The van der Waals surface area contributed by atoms with E-state index in [4.69, 9.17) is 18.9 Å². The van der Waals surface area contributed by atoms with Gasteiger partial charge in [0.15, 0.2) is 0 Å². The van der Waals surface area contributed by atoms with E-state index in [-0.39, 0.29) is 0 Å². The van der Waals surface area contributed by atoms with E-state index in [9.17, 15) is 0 Å². The van der Waals surface area contributed by atoms with Crippen molar-refractivity contribution in [2.45, 2.75) is 0 Å². The predicted octanol–water partition coefficient (Wildman–Crippen LogP) is -0.0884. The van der Waals surface area contributed by atoms with E-state index < -0.39 is 0 Å². The summed E-state index contributed by atoms with van der Waals surface area (Å²) in [5.41, 5.74) is 0. The third kappa shape index (κ3) is 1.56. The summed E-state index contributed by atoms with van der Waals surface area (Å²) >= 11 is 0. The smallest absolute Gasteiger partial charge is 0.287 e. The fraction of sp³-hybridized carbons (Fsp3) is 0.333. The lowest BCUT2D eigenvalue weighted by Gasteiger charge is -2.00. The van der Waals surface area contributed by atoms with Crippen LogP contribution in [0.4, 0.5) is 0 Å². The van der Waals surface area contributed by atoms with Crippen LogP contribution in [-0.2, 0) is 18.9 Å². The first-order valence-corrected chi connectivity index (χ1v) is 5.30. The maximum absolute atomic E-state index is 5.41. The lowest BCUT2D eigenvalue weighted by molar-refractivity contribution is 0.267. The minimum absolute atomic E-state index is 0.558. The monoisotopic (exact) mass is 220 g/mol. The fourth-order valence-corrected chi connectivity index (χ4v) is 1.77. The van der Waals surface area contributed by atoms with Gasteiger partial charge >= 0.3 is 0 Å². The van der Waals surface area contributed by atoms with Gasteiger partial charge in [0, 0.05) is 0 Å². The summed E-state index contributed by atoms with van der Waals surface area (Å²) < 4.78 is 21.6. The summed E-state index contributed by atoms with van der Waals surface area (Å²) in [5.74, 6) is 1.12. The van der Waals surface area contributed by atoms with Crippen LogP contribution in [0.5, 0.6) is 0 Å². The van der Waals surface area contributed by atoms with Crippen LogP contribution < -0.4 is 10.4 Å².